The standard InChI is InChI=1S/C32H43N7O7/c1-19(2)27-32(45)37-23(12-6-7-15-34-29(42)22-13-8-10-20(3)36-22)30(43)35-16-9-17-46-25-14-5-4-11-21(25)28(41)38-24(18-26(33)40)31(44)39-27/h4-5,8,10-11,13-14,19,23-24,27H,6-7,9,12,15-18H2,1-3H3,(H2,33,40)(H,34,42)(H,35,43)(H,37,45)(H,38,41)(H,39,44)/t23-,24-,27+/m0/s1. The van der Waals surface area contributed by atoms with Crippen molar-refractivity contribution in [1.82, 2.24) is 31.6 Å². The van der Waals surface area contributed by atoms with Gasteiger partial charge in [-0.3, -0.25) is 28.8 Å². The number of hydrogen-bond donors (Lipinski definition) is 6. The molecule has 0 unspecified atom stereocenters. The van der Waals surface area contributed by atoms with Gasteiger partial charge in [-0.2, -0.15) is 0 Å². The summed E-state index contributed by atoms with van der Waals surface area (Å²) in [5.74, 6) is -3.76. The highest BCUT2D eigenvalue weighted by Gasteiger charge is 2.32. The number of para-hydroxylation sites is 1. The van der Waals surface area contributed by atoms with E-state index in [4.69, 9.17) is 10.5 Å². The molecule has 0 saturated heterocycles. The van der Waals surface area contributed by atoms with Crippen LogP contribution in [0.5, 0.6) is 5.75 Å². The summed E-state index contributed by atoms with van der Waals surface area (Å²) in [5, 5.41) is 13.5. The van der Waals surface area contributed by atoms with Gasteiger partial charge in [-0.1, -0.05) is 32.0 Å². The van der Waals surface area contributed by atoms with Gasteiger partial charge in [0.1, 0.15) is 29.6 Å². The second kappa shape index (κ2) is 17.5. The van der Waals surface area contributed by atoms with Gasteiger partial charge in [-0.15, -0.1) is 0 Å². The molecule has 14 nitrogen and oxygen atoms in total. The van der Waals surface area contributed by atoms with Gasteiger partial charge in [0.15, 0.2) is 0 Å². The number of nitrogens with one attached hydrogen (secondary N) is 5. The van der Waals surface area contributed by atoms with Gasteiger partial charge in [0, 0.05) is 18.8 Å². The third kappa shape index (κ3) is 10.9. The van der Waals surface area contributed by atoms with Crippen LogP contribution in [0.15, 0.2) is 42.5 Å². The van der Waals surface area contributed by atoms with Crippen LogP contribution in [0, 0.1) is 12.8 Å². The molecule has 7 N–H and O–H groups in total. The van der Waals surface area contributed by atoms with Crippen LogP contribution < -0.4 is 37.1 Å². The van der Waals surface area contributed by atoms with Gasteiger partial charge in [0.2, 0.25) is 23.6 Å². The summed E-state index contributed by atoms with van der Waals surface area (Å²) >= 11 is 0. The van der Waals surface area contributed by atoms with E-state index in [0.29, 0.717) is 31.5 Å². The molecular weight excluding hydrogens is 594 g/mol. The fraction of sp³-hybridized carbons (Fsp3) is 0.469. The minimum absolute atomic E-state index is 0.141. The van der Waals surface area contributed by atoms with Crippen molar-refractivity contribution >= 4 is 35.4 Å². The molecule has 46 heavy (non-hydrogen) atoms. The van der Waals surface area contributed by atoms with E-state index in [9.17, 15) is 28.8 Å². The van der Waals surface area contributed by atoms with Crippen LogP contribution in [0.1, 0.15) is 72.5 Å². The summed E-state index contributed by atoms with van der Waals surface area (Å²) < 4.78 is 5.79. The highest BCUT2D eigenvalue weighted by Crippen LogP contribution is 2.19. The highest BCUT2D eigenvalue weighted by atomic mass is 16.5. The van der Waals surface area contributed by atoms with Crippen molar-refractivity contribution in [2.24, 2.45) is 11.7 Å². The van der Waals surface area contributed by atoms with Gasteiger partial charge in [0.25, 0.3) is 11.8 Å². The number of hydrogen-bond acceptors (Lipinski definition) is 8. The molecule has 248 valence electrons. The number of ether oxygens (including phenoxy) is 1. The number of rotatable bonds is 9. The summed E-state index contributed by atoms with van der Waals surface area (Å²) in [6, 6.07) is 8.20. The van der Waals surface area contributed by atoms with E-state index in [1.807, 2.05) is 0 Å². The fourth-order valence-corrected chi connectivity index (χ4v) is 4.77. The maximum absolute atomic E-state index is 13.5. The number of nitrogens with two attached hydrogens (primary N) is 1. The molecule has 1 aliphatic heterocycles. The number of benzene rings is 1. The van der Waals surface area contributed by atoms with E-state index in [1.165, 1.54) is 6.07 Å². The molecule has 1 aliphatic rings. The smallest absolute Gasteiger partial charge is 0.269 e. The predicted molar refractivity (Wildman–Crippen MR) is 168 cm³/mol. The monoisotopic (exact) mass is 637 g/mol. The average molecular weight is 638 g/mol. The Balaban J connectivity index is 1.74. The Kier molecular flexibility index (Phi) is 13.5. The molecule has 0 spiro atoms. The van der Waals surface area contributed by atoms with Crippen molar-refractivity contribution in [2.75, 3.05) is 19.7 Å². The second-order valence-corrected chi connectivity index (χ2v) is 11.4. The van der Waals surface area contributed by atoms with Crippen LogP contribution in [0.3, 0.4) is 0 Å². The largest absolute Gasteiger partial charge is 0.493 e. The molecule has 3 rings (SSSR count). The van der Waals surface area contributed by atoms with E-state index in [-0.39, 0.29) is 36.8 Å². The number of pyridine rings is 1. The molecule has 0 radical (unpaired) electrons. The zero-order valence-corrected chi connectivity index (χ0v) is 26.4. The topological polar surface area (TPSA) is 211 Å². The molecule has 1 aromatic carbocycles. The summed E-state index contributed by atoms with van der Waals surface area (Å²) in [4.78, 5) is 81.5. The van der Waals surface area contributed by atoms with Crippen LogP contribution in [0.2, 0.25) is 0 Å². The molecule has 1 aromatic heterocycles. The lowest BCUT2D eigenvalue weighted by molar-refractivity contribution is -0.134. The first-order valence-corrected chi connectivity index (χ1v) is 15.4. The number of amides is 6. The predicted octanol–water partition coefficient (Wildman–Crippen LogP) is 0.488. The summed E-state index contributed by atoms with van der Waals surface area (Å²) in [5.41, 5.74) is 6.55. The van der Waals surface area contributed by atoms with Gasteiger partial charge in [-0.05, 0) is 62.8 Å². The summed E-state index contributed by atoms with van der Waals surface area (Å²) in [6.07, 6.45) is 1.18. The van der Waals surface area contributed by atoms with E-state index in [1.54, 1.807) is 57.2 Å². The maximum atomic E-state index is 13.5. The molecule has 14 heteroatoms. The number of fused-ring (bicyclic) bond motifs is 1. The van der Waals surface area contributed by atoms with Crippen molar-refractivity contribution in [3.05, 3.63) is 59.4 Å². The number of primary amides is 1. The lowest BCUT2D eigenvalue weighted by Crippen LogP contribution is -2.58. The Morgan fingerprint density at radius 1 is 0.957 bits per heavy atom. The van der Waals surface area contributed by atoms with Gasteiger partial charge in [-0.25, -0.2) is 4.98 Å². The Morgan fingerprint density at radius 3 is 2.43 bits per heavy atom. The van der Waals surface area contributed by atoms with E-state index < -0.39 is 60.0 Å². The van der Waals surface area contributed by atoms with Gasteiger partial charge >= 0.3 is 0 Å². The molecule has 0 saturated carbocycles. The van der Waals surface area contributed by atoms with Gasteiger partial charge in [0.05, 0.1) is 18.6 Å². The molecule has 2 aromatic rings. The van der Waals surface area contributed by atoms with Gasteiger partial charge < -0.3 is 37.1 Å². The van der Waals surface area contributed by atoms with Crippen molar-refractivity contribution in [3.63, 3.8) is 0 Å². The minimum atomic E-state index is -1.37. The molecule has 0 fully saturated rings. The Bertz CT molecular complexity index is 1410. The number of carbonyl (C=O) groups is 6. The van der Waals surface area contributed by atoms with Crippen molar-refractivity contribution in [2.45, 2.75) is 71.0 Å². The minimum Gasteiger partial charge on any atom is -0.493 e. The van der Waals surface area contributed by atoms with Crippen molar-refractivity contribution in [1.29, 1.82) is 0 Å². The van der Waals surface area contributed by atoms with Crippen LogP contribution in [0.25, 0.3) is 0 Å². The lowest BCUT2D eigenvalue weighted by Gasteiger charge is -2.27. The number of nitrogens with zero attached hydrogens (tertiary/aromatic N) is 1. The molecule has 2 heterocycles. The quantitative estimate of drug-likeness (QED) is 0.213. The van der Waals surface area contributed by atoms with Crippen LogP contribution in [-0.4, -0.2) is 78.2 Å². The SMILES string of the molecule is Cc1cccc(C(=O)NCCCC[C@@H]2NC(=O)[C@@H](C(C)C)NC(=O)[C@H](CC(N)=O)NC(=O)c3ccccc3OCCCNC2=O)n1. The highest BCUT2D eigenvalue weighted by molar-refractivity contribution is 6.01. The normalized spacial score (nSPS) is 19.8. The Hall–Kier alpha value is -5.01. The second-order valence-electron chi connectivity index (χ2n) is 11.4. The van der Waals surface area contributed by atoms with Crippen LogP contribution >= 0.6 is 0 Å². The maximum Gasteiger partial charge on any atom is 0.269 e. The van der Waals surface area contributed by atoms with E-state index in [2.05, 4.69) is 31.6 Å². The Labute approximate surface area is 268 Å². The van der Waals surface area contributed by atoms with Crippen LogP contribution in [-0.2, 0) is 19.2 Å². The first kappa shape index (κ1) is 35.5. The summed E-state index contributed by atoms with van der Waals surface area (Å²) in [6.45, 7) is 5.96. The number of aromatic nitrogens is 1. The number of aryl methyl sites for hydroxylation is 1. The van der Waals surface area contributed by atoms with Crippen molar-refractivity contribution in [3.8, 4) is 5.75 Å². The zero-order chi connectivity index (χ0) is 33.6. The van der Waals surface area contributed by atoms with Crippen molar-refractivity contribution < 1.29 is 33.5 Å². The fourth-order valence-electron chi connectivity index (χ4n) is 4.77. The van der Waals surface area contributed by atoms with Crippen LogP contribution in [0.4, 0.5) is 0 Å². The molecule has 0 bridgehead atoms. The third-order valence-electron chi connectivity index (χ3n) is 7.24. The average Bonchev–Trinajstić information content (AvgIpc) is 3.01. The molecular formula is C32H43N7O7. The number of unbranched alkanes of at least 4 members (excludes halogenated alkanes) is 1. The third-order valence-corrected chi connectivity index (χ3v) is 7.24. The molecule has 0 aliphatic carbocycles. The van der Waals surface area contributed by atoms with E-state index in [0.717, 1.165) is 5.69 Å². The molecule has 3 atom stereocenters. The Morgan fingerprint density at radius 2 is 1.72 bits per heavy atom. The molecule has 6 amide bonds. The first-order valence-electron chi connectivity index (χ1n) is 15.4. The number of carbonyl (C=O) groups excluding carboxylic acids is 6. The first-order chi connectivity index (χ1) is 22.0. The zero-order valence-electron chi connectivity index (χ0n) is 26.4. The lowest BCUT2D eigenvalue weighted by atomic mass is 10.0. The summed E-state index contributed by atoms with van der Waals surface area (Å²) in [7, 11) is 0. The van der Waals surface area contributed by atoms with E-state index >= 15 is 0 Å².